The highest BCUT2D eigenvalue weighted by molar-refractivity contribution is 7.10. The van der Waals surface area contributed by atoms with Crippen LogP contribution in [0.25, 0.3) is 0 Å². The van der Waals surface area contributed by atoms with Crippen molar-refractivity contribution in [2.45, 2.75) is 0 Å². The highest BCUT2D eigenvalue weighted by Crippen LogP contribution is 2.18. The van der Waals surface area contributed by atoms with Crippen LogP contribution < -0.4 is 11.1 Å². The number of hydrogen-bond donors (Lipinski definition) is 2. The first-order valence-electron chi connectivity index (χ1n) is 5.53. The molecule has 0 aliphatic carbocycles. The van der Waals surface area contributed by atoms with Crippen molar-refractivity contribution in [2.24, 2.45) is 5.73 Å². The second-order valence-corrected chi connectivity index (χ2v) is 5.02. The van der Waals surface area contributed by atoms with Crippen molar-refractivity contribution in [3.05, 3.63) is 51.2 Å². The first-order chi connectivity index (χ1) is 9.19. The number of hydrogen-bond acceptors (Lipinski definition) is 3. The van der Waals surface area contributed by atoms with E-state index in [1.54, 1.807) is 35.7 Å². The van der Waals surface area contributed by atoms with Crippen molar-refractivity contribution in [1.29, 1.82) is 0 Å². The van der Waals surface area contributed by atoms with Gasteiger partial charge in [-0.3, -0.25) is 4.79 Å². The molecule has 0 unspecified atom stereocenters. The molecule has 3 N–H and O–H groups in total. The Hall–Kier alpha value is -1.80. The maximum Gasteiger partial charge on any atom is 0.256 e. The summed E-state index contributed by atoms with van der Waals surface area (Å²) < 4.78 is 0. The zero-order valence-corrected chi connectivity index (χ0v) is 11.5. The molecule has 1 heterocycles. The zero-order chi connectivity index (χ0) is 13.7. The van der Waals surface area contributed by atoms with Gasteiger partial charge in [-0.2, -0.15) is 0 Å². The minimum absolute atomic E-state index is 0.181. The summed E-state index contributed by atoms with van der Waals surface area (Å²) in [5.41, 5.74) is 6.54. The van der Waals surface area contributed by atoms with Crippen molar-refractivity contribution in [2.75, 3.05) is 11.9 Å². The lowest BCUT2D eigenvalue weighted by molar-refractivity contribution is 0.102. The minimum atomic E-state index is -0.181. The number of anilines is 1. The molecule has 96 valence electrons. The molecule has 0 spiro atoms. The van der Waals surface area contributed by atoms with Crippen LogP contribution in [0.15, 0.2) is 35.7 Å². The Balaban J connectivity index is 2.10. The van der Waals surface area contributed by atoms with Crippen LogP contribution in [-0.2, 0) is 0 Å². The molecule has 0 saturated heterocycles. The minimum Gasteiger partial charge on any atom is -0.322 e. The Labute approximate surface area is 120 Å². The van der Waals surface area contributed by atoms with E-state index in [1.165, 1.54) is 11.3 Å². The Bertz CT molecular complexity index is 655. The van der Waals surface area contributed by atoms with E-state index in [4.69, 9.17) is 17.3 Å². The predicted octanol–water partition coefficient (Wildman–Crippen LogP) is 2.96. The van der Waals surface area contributed by atoms with Crippen LogP contribution in [0.1, 0.15) is 15.2 Å². The molecule has 1 aromatic carbocycles. The molecule has 0 fully saturated rings. The molecule has 5 heteroatoms. The third-order valence-corrected chi connectivity index (χ3v) is 3.34. The lowest BCUT2D eigenvalue weighted by atomic mass is 10.2. The average molecular weight is 291 g/mol. The molecule has 0 radical (unpaired) electrons. The highest BCUT2D eigenvalue weighted by atomic mass is 35.5. The third kappa shape index (κ3) is 3.83. The molecule has 1 aromatic heterocycles. The predicted molar refractivity (Wildman–Crippen MR) is 79.7 cm³/mol. The van der Waals surface area contributed by atoms with Crippen LogP contribution in [0.5, 0.6) is 0 Å². The van der Waals surface area contributed by atoms with E-state index < -0.39 is 0 Å². The summed E-state index contributed by atoms with van der Waals surface area (Å²) in [6.45, 7) is 0.307. The second-order valence-electron chi connectivity index (χ2n) is 3.67. The smallest absolute Gasteiger partial charge is 0.256 e. The molecule has 0 atom stereocenters. The fraction of sp³-hybridized carbons (Fsp3) is 0.0714. The van der Waals surface area contributed by atoms with Gasteiger partial charge in [-0.1, -0.05) is 29.5 Å². The quantitative estimate of drug-likeness (QED) is 0.836. The molecular formula is C14H11ClN2OS. The van der Waals surface area contributed by atoms with E-state index in [1.807, 2.05) is 0 Å². The monoisotopic (exact) mass is 290 g/mol. The van der Waals surface area contributed by atoms with Gasteiger partial charge in [0.15, 0.2) is 0 Å². The molecule has 2 aromatic rings. The van der Waals surface area contributed by atoms with Gasteiger partial charge in [-0.05, 0) is 24.3 Å². The van der Waals surface area contributed by atoms with Gasteiger partial charge in [0, 0.05) is 16.1 Å². The van der Waals surface area contributed by atoms with Crippen LogP contribution in [-0.4, -0.2) is 12.5 Å². The molecule has 3 nitrogen and oxygen atoms in total. The largest absolute Gasteiger partial charge is 0.322 e. The molecule has 0 aliphatic heterocycles. The Morgan fingerprint density at radius 2 is 2.26 bits per heavy atom. The lowest BCUT2D eigenvalue weighted by Crippen LogP contribution is -2.10. The van der Waals surface area contributed by atoms with Crippen molar-refractivity contribution in [1.82, 2.24) is 0 Å². The van der Waals surface area contributed by atoms with Gasteiger partial charge in [0.25, 0.3) is 5.91 Å². The van der Waals surface area contributed by atoms with E-state index in [2.05, 4.69) is 17.2 Å². The van der Waals surface area contributed by atoms with Crippen LogP contribution in [0, 0.1) is 11.8 Å². The van der Waals surface area contributed by atoms with Gasteiger partial charge in [0.05, 0.1) is 17.0 Å². The van der Waals surface area contributed by atoms with E-state index in [9.17, 15) is 4.79 Å². The number of carbonyl (C=O) groups is 1. The normalized spacial score (nSPS) is 9.58. The second kappa shape index (κ2) is 6.39. The first-order valence-corrected chi connectivity index (χ1v) is 6.79. The summed E-state index contributed by atoms with van der Waals surface area (Å²) >= 11 is 7.27. The third-order valence-electron chi connectivity index (χ3n) is 2.26. The summed E-state index contributed by atoms with van der Waals surface area (Å²) in [4.78, 5) is 12.8. The van der Waals surface area contributed by atoms with E-state index >= 15 is 0 Å². The van der Waals surface area contributed by atoms with Crippen LogP contribution in [0.4, 0.5) is 5.69 Å². The number of nitrogens with one attached hydrogen (secondary N) is 1. The van der Waals surface area contributed by atoms with Crippen molar-refractivity contribution in [3.63, 3.8) is 0 Å². The van der Waals surface area contributed by atoms with Crippen LogP contribution >= 0.6 is 22.9 Å². The van der Waals surface area contributed by atoms with E-state index in [0.717, 1.165) is 4.88 Å². The number of carbonyl (C=O) groups excluding carboxylic acids is 1. The lowest BCUT2D eigenvalue weighted by Gasteiger charge is -2.03. The summed E-state index contributed by atoms with van der Waals surface area (Å²) in [6, 6.07) is 8.76. The summed E-state index contributed by atoms with van der Waals surface area (Å²) in [5.74, 6) is 5.47. The summed E-state index contributed by atoms with van der Waals surface area (Å²) in [6.07, 6.45) is 0. The molecular weight excluding hydrogens is 280 g/mol. The fourth-order valence-corrected chi connectivity index (χ4v) is 2.37. The topological polar surface area (TPSA) is 55.1 Å². The van der Waals surface area contributed by atoms with Crippen LogP contribution in [0.3, 0.4) is 0 Å². The molecule has 19 heavy (non-hydrogen) atoms. The SMILES string of the molecule is NCC#Cc1cc(C(=O)Nc2cccc(Cl)c2)cs1. The number of benzene rings is 1. The number of halogens is 1. The summed E-state index contributed by atoms with van der Waals surface area (Å²) in [7, 11) is 0. The molecule has 0 aliphatic rings. The van der Waals surface area contributed by atoms with E-state index in [-0.39, 0.29) is 5.91 Å². The Morgan fingerprint density at radius 3 is 3.00 bits per heavy atom. The number of thiophene rings is 1. The van der Waals surface area contributed by atoms with Gasteiger partial charge < -0.3 is 11.1 Å². The standard InChI is InChI=1S/C14H11ClN2OS/c15-11-3-1-4-12(8-11)17-14(18)10-7-13(19-9-10)5-2-6-16/h1,3-4,7-9H,6,16H2,(H,17,18). The fourth-order valence-electron chi connectivity index (χ4n) is 1.43. The maximum absolute atomic E-state index is 12.0. The molecule has 2 rings (SSSR count). The molecule has 0 saturated carbocycles. The first kappa shape index (κ1) is 13.6. The van der Waals surface area contributed by atoms with Crippen LogP contribution in [0.2, 0.25) is 5.02 Å². The van der Waals surface area contributed by atoms with Gasteiger partial charge >= 0.3 is 0 Å². The number of nitrogens with two attached hydrogens (primary N) is 1. The molecule has 0 bridgehead atoms. The van der Waals surface area contributed by atoms with Gasteiger partial charge in [0.2, 0.25) is 0 Å². The Kier molecular flexibility index (Phi) is 4.58. The van der Waals surface area contributed by atoms with Crippen molar-refractivity contribution < 1.29 is 4.79 Å². The van der Waals surface area contributed by atoms with Crippen molar-refractivity contribution >= 4 is 34.5 Å². The molecule has 1 amide bonds. The Morgan fingerprint density at radius 1 is 1.42 bits per heavy atom. The van der Waals surface area contributed by atoms with Gasteiger partial charge in [0.1, 0.15) is 0 Å². The number of rotatable bonds is 2. The zero-order valence-electron chi connectivity index (χ0n) is 9.94. The number of amides is 1. The van der Waals surface area contributed by atoms with Gasteiger partial charge in [-0.15, -0.1) is 11.3 Å². The van der Waals surface area contributed by atoms with E-state index in [0.29, 0.717) is 22.8 Å². The van der Waals surface area contributed by atoms with Gasteiger partial charge in [-0.25, -0.2) is 0 Å². The van der Waals surface area contributed by atoms with Crippen molar-refractivity contribution in [3.8, 4) is 11.8 Å². The summed E-state index contributed by atoms with van der Waals surface area (Å²) in [5, 5.41) is 5.12. The maximum atomic E-state index is 12.0. The average Bonchev–Trinajstić information content (AvgIpc) is 2.85. The highest BCUT2D eigenvalue weighted by Gasteiger charge is 2.08.